The highest BCUT2D eigenvalue weighted by molar-refractivity contribution is 7.99. The third-order valence-corrected chi connectivity index (χ3v) is 6.19. The monoisotopic (exact) mass is 515 g/mol. The van der Waals surface area contributed by atoms with Gasteiger partial charge in [0.05, 0.1) is 12.0 Å². The van der Waals surface area contributed by atoms with E-state index in [-0.39, 0.29) is 24.2 Å². The zero-order valence-electron chi connectivity index (χ0n) is 18.2. The highest BCUT2D eigenvalue weighted by atomic mass is 35.5. The Hall–Kier alpha value is -3.00. The van der Waals surface area contributed by atoms with Gasteiger partial charge in [0.15, 0.2) is 6.61 Å². The minimum Gasteiger partial charge on any atom is -0.484 e. The Morgan fingerprint density at radius 1 is 0.912 bits per heavy atom. The van der Waals surface area contributed by atoms with Crippen LogP contribution in [0, 0.1) is 0 Å². The fourth-order valence-electron chi connectivity index (χ4n) is 2.77. The molecule has 0 unspecified atom stereocenters. The van der Waals surface area contributed by atoms with Crippen LogP contribution in [-0.4, -0.2) is 30.4 Å². The fraction of sp³-hybridized carbons (Fsp3) is 0.160. The lowest BCUT2D eigenvalue weighted by molar-refractivity contribution is -0.123. The first-order valence-corrected chi connectivity index (χ1v) is 12.3. The van der Waals surface area contributed by atoms with E-state index in [0.29, 0.717) is 28.1 Å². The van der Waals surface area contributed by atoms with Gasteiger partial charge in [-0.2, -0.15) is 5.10 Å². The lowest BCUT2D eigenvalue weighted by Gasteiger charge is -2.08. The molecule has 2 amide bonds. The number of ether oxygens (including phenoxy) is 1. The fourth-order valence-corrected chi connectivity index (χ4v) is 4.33. The number of hydrogen-bond donors (Lipinski definition) is 2. The largest absolute Gasteiger partial charge is 0.484 e. The number of thioether (sulfide) groups is 1. The van der Waals surface area contributed by atoms with Crippen molar-refractivity contribution in [2.45, 2.75) is 12.3 Å². The summed E-state index contributed by atoms with van der Waals surface area (Å²) in [5.41, 5.74) is 5.09. The molecule has 3 aromatic rings. The summed E-state index contributed by atoms with van der Waals surface area (Å²) in [5.74, 6) is 0.878. The van der Waals surface area contributed by atoms with Crippen molar-refractivity contribution in [3.63, 3.8) is 0 Å². The van der Waals surface area contributed by atoms with Gasteiger partial charge in [-0.3, -0.25) is 9.59 Å². The SMILES string of the molecule is O=C(COc1ccc(/C=N\NC(=O)CSCc2c(Cl)cccc2Cl)cc1)NCc1ccccc1. The molecule has 0 aliphatic rings. The molecule has 0 saturated heterocycles. The zero-order valence-corrected chi connectivity index (χ0v) is 20.5. The molecule has 176 valence electrons. The lowest BCUT2D eigenvalue weighted by atomic mass is 10.2. The summed E-state index contributed by atoms with van der Waals surface area (Å²) < 4.78 is 5.50. The van der Waals surface area contributed by atoms with Crippen molar-refractivity contribution in [2.75, 3.05) is 12.4 Å². The number of benzene rings is 3. The first-order valence-electron chi connectivity index (χ1n) is 10.4. The third kappa shape index (κ3) is 8.74. The second kappa shape index (κ2) is 13.6. The van der Waals surface area contributed by atoms with E-state index in [1.165, 1.54) is 18.0 Å². The molecule has 3 aromatic carbocycles. The van der Waals surface area contributed by atoms with Crippen LogP contribution < -0.4 is 15.5 Å². The second-order valence-corrected chi connectivity index (χ2v) is 8.91. The average Bonchev–Trinajstić information content (AvgIpc) is 2.85. The van der Waals surface area contributed by atoms with E-state index in [4.69, 9.17) is 27.9 Å². The van der Waals surface area contributed by atoms with Gasteiger partial charge < -0.3 is 10.1 Å². The Morgan fingerprint density at radius 2 is 1.62 bits per heavy atom. The Labute approximate surface area is 212 Å². The summed E-state index contributed by atoms with van der Waals surface area (Å²) in [7, 11) is 0. The van der Waals surface area contributed by atoms with Crippen LogP contribution in [0.5, 0.6) is 5.75 Å². The van der Waals surface area contributed by atoms with Gasteiger partial charge in [-0.05, 0) is 53.1 Å². The molecule has 0 radical (unpaired) electrons. The van der Waals surface area contributed by atoms with Crippen LogP contribution in [0.4, 0.5) is 0 Å². The van der Waals surface area contributed by atoms with Gasteiger partial charge in [0, 0.05) is 22.3 Å². The summed E-state index contributed by atoms with van der Waals surface area (Å²) >= 11 is 13.7. The van der Waals surface area contributed by atoms with Crippen molar-refractivity contribution < 1.29 is 14.3 Å². The number of hydrazone groups is 1. The number of rotatable bonds is 11. The first kappa shape index (κ1) is 25.6. The molecular weight excluding hydrogens is 493 g/mol. The maximum absolute atomic E-state index is 12.0. The molecule has 6 nitrogen and oxygen atoms in total. The van der Waals surface area contributed by atoms with E-state index in [0.717, 1.165) is 16.7 Å². The summed E-state index contributed by atoms with van der Waals surface area (Å²) in [6.45, 7) is 0.379. The number of carbonyl (C=O) groups excluding carboxylic acids is 2. The zero-order chi connectivity index (χ0) is 24.2. The second-order valence-electron chi connectivity index (χ2n) is 7.11. The van der Waals surface area contributed by atoms with E-state index in [9.17, 15) is 9.59 Å². The number of halogens is 2. The molecule has 34 heavy (non-hydrogen) atoms. The van der Waals surface area contributed by atoms with E-state index < -0.39 is 0 Å². The summed E-state index contributed by atoms with van der Waals surface area (Å²) in [5, 5.41) is 7.94. The van der Waals surface area contributed by atoms with Crippen LogP contribution in [0.3, 0.4) is 0 Å². The molecule has 0 aromatic heterocycles. The predicted molar refractivity (Wildman–Crippen MR) is 139 cm³/mol. The van der Waals surface area contributed by atoms with Gasteiger partial charge >= 0.3 is 0 Å². The van der Waals surface area contributed by atoms with Crippen molar-refractivity contribution in [3.8, 4) is 5.75 Å². The van der Waals surface area contributed by atoms with Crippen LogP contribution in [0.2, 0.25) is 10.0 Å². The molecule has 0 saturated carbocycles. The van der Waals surface area contributed by atoms with Crippen LogP contribution in [0.15, 0.2) is 77.9 Å². The molecule has 0 bridgehead atoms. The number of hydrogen-bond acceptors (Lipinski definition) is 5. The quantitative estimate of drug-likeness (QED) is 0.276. The van der Waals surface area contributed by atoms with Crippen molar-refractivity contribution in [2.24, 2.45) is 5.10 Å². The summed E-state index contributed by atoms with van der Waals surface area (Å²) in [4.78, 5) is 23.9. The number of nitrogens with zero attached hydrogens (tertiary/aromatic N) is 1. The number of amides is 2. The normalized spacial score (nSPS) is 10.8. The van der Waals surface area contributed by atoms with Gasteiger partial charge in [-0.15, -0.1) is 11.8 Å². The highest BCUT2D eigenvalue weighted by Crippen LogP contribution is 2.28. The first-order chi connectivity index (χ1) is 16.5. The molecular formula is C25H23Cl2N3O3S. The minimum atomic E-state index is -0.231. The Bertz CT molecular complexity index is 1110. The van der Waals surface area contributed by atoms with Crippen molar-refractivity contribution in [1.82, 2.24) is 10.7 Å². The lowest BCUT2D eigenvalue weighted by Crippen LogP contribution is -2.28. The topological polar surface area (TPSA) is 79.8 Å². The third-order valence-electron chi connectivity index (χ3n) is 4.53. The van der Waals surface area contributed by atoms with Crippen LogP contribution in [0.1, 0.15) is 16.7 Å². The summed E-state index contributed by atoms with van der Waals surface area (Å²) in [6.07, 6.45) is 1.53. The standard InChI is InChI=1S/C25H23Cl2N3O3S/c26-22-7-4-8-23(27)21(22)16-34-17-25(32)30-29-14-19-9-11-20(12-10-19)33-15-24(31)28-13-18-5-2-1-3-6-18/h1-12,14H,13,15-17H2,(H,28,31)(H,30,32)/b29-14-. The smallest absolute Gasteiger partial charge is 0.258 e. The molecule has 0 heterocycles. The molecule has 3 rings (SSSR count). The van der Waals surface area contributed by atoms with Gasteiger partial charge in [0.25, 0.3) is 5.91 Å². The maximum Gasteiger partial charge on any atom is 0.258 e. The molecule has 0 aliphatic carbocycles. The van der Waals surface area contributed by atoms with Crippen molar-refractivity contribution in [3.05, 3.63) is 99.5 Å². The van der Waals surface area contributed by atoms with Gasteiger partial charge in [0.1, 0.15) is 5.75 Å². The van der Waals surface area contributed by atoms with Crippen LogP contribution in [-0.2, 0) is 21.9 Å². The minimum absolute atomic E-state index is 0.0760. The van der Waals surface area contributed by atoms with E-state index in [1.54, 1.807) is 42.5 Å². The number of nitrogens with one attached hydrogen (secondary N) is 2. The Balaban J connectivity index is 1.34. The maximum atomic E-state index is 12.0. The van der Waals surface area contributed by atoms with Gasteiger partial charge in [-0.25, -0.2) is 5.43 Å². The van der Waals surface area contributed by atoms with Crippen LogP contribution >= 0.6 is 35.0 Å². The molecule has 9 heteroatoms. The molecule has 0 fully saturated rings. The van der Waals surface area contributed by atoms with Gasteiger partial charge in [0.2, 0.25) is 5.91 Å². The van der Waals surface area contributed by atoms with Crippen molar-refractivity contribution >= 4 is 53.0 Å². The van der Waals surface area contributed by atoms with E-state index >= 15 is 0 Å². The molecule has 0 spiro atoms. The number of carbonyl (C=O) groups is 2. The average molecular weight is 516 g/mol. The molecule has 0 aliphatic heterocycles. The molecule has 0 atom stereocenters. The van der Waals surface area contributed by atoms with E-state index in [2.05, 4.69) is 15.8 Å². The van der Waals surface area contributed by atoms with Crippen molar-refractivity contribution in [1.29, 1.82) is 0 Å². The summed E-state index contributed by atoms with van der Waals surface area (Å²) in [6, 6.07) is 22.0. The molecule has 2 N–H and O–H groups in total. The van der Waals surface area contributed by atoms with Gasteiger partial charge in [-0.1, -0.05) is 59.6 Å². The Morgan fingerprint density at radius 3 is 2.32 bits per heavy atom. The Kier molecular flexibility index (Phi) is 10.3. The van der Waals surface area contributed by atoms with E-state index in [1.807, 2.05) is 30.3 Å². The highest BCUT2D eigenvalue weighted by Gasteiger charge is 2.07. The van der Waals surface area contributed by atoms with Crippen LogP contribution in [0.25, 0.3) is 0 Å². The predicted octanol–water partition coefficient (Wildman–Crippen LogP) is 5.07.